The lowest BCUT2D eigenvalue weighted by Gasteiger charge is -2.08. The molecule has 0 N–H and O–H groups in total. The number of ether oxygens (including phenoxy) is 4. The molecule has 0 aromatic rings. The van der Waals surface area contributed by atoms with Gasteiger partial charge >= 0.3 is 0 Å². The molecule has 0 bridgehead atoms. The minimum atomic E-state index is 0.0520. The van der Waals surface area contributed by atoms with E-state index in [9.17, 15) is 4.79 Å². The van der Waals surface area contributed by atoms with Crippen LogP contribution < -0.4 is 0 Å². The zero-order chi connectivity index (χ0) is 17.3. The Labute approximate surface area is 142 Å². The van der Waals surface area contributed by atoms with E-state index in [1.165, 1.54) is 0 Å². The summed E-state index contributed by atoms with van der Waals surface area (Å²) in [6, 6.07) is 0. The third-order valence-corrected chi connectivity index (χ3v) is 3.18. The second kappa shape index (κ2) is 16.4. The summed E-state index contributed by atoms with van der Waals surface area (Å²) in [6.45, 7) is 12.4. The van der Waals surface area contributed by atoms with Crippen LogP contribution in [0.3, 0.4) is 0 Å². The van der Waals surface area contributed by atoms with E-state index in [2.05, 4.69) is 0 Å². The first-order valence-electron chi connectivity index (χ1n) is 8.91. The van der Waals surface area contributed by atoms with Crippen molar-refractivity contribution in [1.29, 1.82) is 0 Å². The van der Waals surface area contributed by atoms with Gasteiger partial charge in [-0.15, -0.1) is 0 Å². The van der Waals surface area contributed by atoms with Gasteiger partial charge in [0.05, 0.1) is 6.10 Å². The summed E-state index contributed by atoms with van der Waals surface area (Å²) in [5.41, 5.74) is 0. The van der Waals surface area contributed by atoms with Crippen molar-refractivity contribution in [2.24, 2.45) is 5.92 Å². The maximum atomic E-state index is 11.3. The molecule has 0 aliphatic heterocycles. The zero-order valence-electron chi connectivity index (χ0n) is 15.5. The third-order valence-electron chi connectivity index (χ3n) is 3.18. The van der Waals surface area contributed by atoms with Crippen molar-refractivity contribution in [3.8, 4) is 0 Å². The van der Waals surface area contributed by atoms with Crippen LogP contribution in [0, 0.1) is 5.92 Å². The maximum Gasteiger partial charge on any atom is 0.160 e. The fourth-order valence-electron chi connectivity index (χ4n) is 1.69. The molecular weight excluding hydrogens is 296 g/mol. The molecule has 0 aliphatic carbocycles. The Balaban J connectivity index is 3.07. The Bertz CT molecular complexity index is 266. The smallest absolute Gasteiger partial charge is 0.160 e. The highest BCUT2D eigenvalue weighted by Gasteiger charge is 2.06. The number of Topliss-reactive ketones (excluding diaryl/α,β-unsaturated/α-hetero) is 1. The fourth-order valence-corrected chi connectivity index (χ4v) is 1.69. The monoisotopic (exact) mass is 332 g/mol. The van der Waals surface area contributed by atoms with Crippen molar-refractivity contribution in [1.82, 2.24) is 0 Å². The predicted octanol–water partition coefficient (Wildman–Crippen LogP) is 3.25. The van der Waals surface area contributed by atoms with Crippen LogP contribution in [0.5, 0.6) is 0 Å². The number of rotatable bonds is 17. The first-order chi connectivity index (χ1) is 11.0. The standard InChI is InChI=1S/C18H36O5/c1-16(2)18(19)15-22-13-7-11-20-9-5-6-10-21-12-8-14-23-17(3)4/h16-17H,5-15H2,1-4H3. The molecule has 0 aliphatic rings. The van der Waals surface area contributed by atoms with Crippen LogP contribution in [0.2, 0.25) is 0 Å². The normalized spacial score (nSPS) is 11.6. The van der Waals surface area contributed by atoms with Crippen LogP contribution >= 0.6 is 0 Å². The van der Waals surface area contributed by atoms with E-state index in [0.29, 0.717) is 19.3 Å². The molecule has 0 atom stereocenters. The summed E-state index contributed by atoms with van der Waals surface area (Å²) in [6.07, 6.45) is 4.11. The van der Waals surface area contributed by atoms with Crippen LogP contribution in [0.25, 0.3) is 0 Å². The van der Waals surface area contributed by atoms with Gasteiger partial charge in [0, 0.05) is 45.6 Å². The summed E-state index contributed by atoms with van der Waals surface area (Å²) >= 11 is 0. The molecule has 23 heavy (non-hydrogen) atoms. The molecule has 0 heterocycles. The van der Waals surface area contributed by atoms with Gasteiger partial charge in [0.15, 0.2) is 5.78 Å². The lowest BCUT2D eigenvalue weighted by atomic mass is 10.1. The van der Waals surface area contributed by atoms with Crippen LogP contribution in [-0.2, 0) is 23.7 Å². The minimum absolute atomic E-state index is 0.0520. The minimum Gasteiger partial charge on any atom is -0.381 e. The molecule has 5 heteroatoms. The Hall–Kier alpha value is -0.490. The largest absolute Gasteiger partial charge is 0.381 e. The Morgan fingerprint density at radius 1 is 0.696 bits per heavy atom. The average molecular weight is 332 g/mol. The van der Waals surface area contributed by atoms with Gasteiger partial charge in [0.1, 0.15) is 6.61 Å². The van der Waals surface area contributed by atoms with Crippen LogP contribution in [0.1, 0.15) is 53.4 Å². The molecule has 138 valence electrons. The number of ketones is 1. The Morgan fingerprint density at radius 3 is 1.70 bits per heavy atom. The fraction of sp³-hybridized carbons (Fsp3) is 0.944. The Kier molecular flexibility index (Phi) is 16.0. The highest BCUT2D eigenvalue weighted by Crippen LogP contribution is 1.97. The first kappa shape index (κ1) is 22.5. The number of hydrogen-bond donors (Lipinski definition) is 0. The van der Waals surface area contributed by atoms with Crippen molar-refractivity contribution in [2.75, 3.05) is 46.2 Å². The quantitative estimate of drug-likeness (QED) is 0.383. The van der Waals surface area contributed by atoms with E-state index in [4.69, 9.17) is 18.9 Å². The highest BCUT2D eigenvalue weighted by atomic mass is 16.5. The molecule has 0 spiro atoms. The summed E-state index contributed by atoms with van der Waals surface area (Å²) in [5.74, 6) is 0.206. The molecule has 0 saturated carbocycles. The molecule has 0 amide bonds. The Morgan fingerprint density at radius 2 is 1.17 bits per heavy atom. The summed E-state index contributed by atoms with van der Waals surface area (Å²) in [4.78, 5) is 11.3. The first-order valence-corrected chi connectivity index (χ1v) is 8.91. The average Bonchev–Trinajstić information content (AvgIpc) is 2.50. The SMILES string of the molecule is CC(C)OCCCOCCCCOCCCOCC(=O)C(C)C. The van der Waals surface area contributed by atoms with Gasteiger partial charge in [-0.2, -0.15) is 0 Å². The summed E-state index contributed by atoms with van der Waals surface area (Å²) < 4.78 is 21.8. The van der Waals surface area contributed by atoms with Gasteiger partial charge in [-0.1, -0.05) is 13.8 Å². The lowest BCUT2D eigenvalue weighted by Crippen LogP contribution is -2.15. The molecular formula is C18H36O5. The van der Waals surface area contributed by atoms with E-state index in [0.717, 1.165) is 52.1 Å². The summed E-state index contributed by atoms with van der Waals surface area (Å²) in [5, 5.41) is 0. The van der Waals surface area contributed by atoms with E-state index in [-0.39, 0.29) is 18.3 Å². The molecule has 0 rings (SSSR count). The van der Waals surface area contributed by atoms with Crippen LogP contribution in [-0.4, -0.2) is 58.1 Å². The van der Waals surface area contributed by atoms with Crippen molar-refractivity contribution in [3.63, 3.8) is 0 Å². The van der Waals surface area contributed by atoms with E-state index in [1.807, 2.05) is 27.7 Å². The lowest BCUT2D eigenvalue weighted by molar-refractivity contribution is -0.126. The predicted molar refractivity (Wildman–Crippen MR) is 91.9 cm³/mol. The van der Waals surface area contributed by atoms with Crippen molar-refractivity contribution >= 4 is 5.78 Å². The molecule has 0 unspecified atom stereocenters. The molecule has 5 nitrogen and oxygen atoms in total. The number of carbonyl (C=O) groups is 1. The molecule has 0 radical (unpaired) electrons. The van der Waals surface area contributed by atoms with E-state index < -0.39 is 0 Å². The van der Waals surface area contributed by atoms with Crippen LogP contribution in [0.4, 0.5) is 0 Å². The van der Waals surface area contributed by atoms with Gasteiger partial charge < -0.3 is 18.9 Å². The van der Waals surface area contributed by atoms with Gasteiger partial charge in [-0.05, 0) is 39.5 Å². The third kappa shape index (κ3) is 17.7. The highest BCUT2D eigenvalue weighted by molar-refractivity contribution is 5.81. The van der Waals surface area contributed by atoms with E-state index >= 15 is 0 Å². The zero-order valence-corrected chi connectivity index (χ0v) is 15.5. The van der Waals surface area contributed by atoms with Crippen LogP contribution in [0.15, 0.2) is 0 Å². The number of carbonyl (C=O) groups excluding carboxylic acids is 1. The molecule has 0 saturated heterocycles. The maximum absolute atomic E-state index is 11.3. The topological polar surface area (TPSA) is 54.0 Å². The van der Waals surface area contributed by atoms with Crippen molar-refractivity contribution < 1.29 is 23.7 Å². The van der Waals surface area contributed by atoms with E-state index in [1.54, 1.807) is 0 Å². The second-order valence-corrected chi connectivity index (χ2v) is 6.23. The van der Waals surface area contributed by atoms with Gasteiger partial charge in [0.25, 0.3) is 0 Å². The second-order valence-electron chi connectivity index (χ2n) is 6.23. The number of hydrogen-bond acceptors (Lipinski definition) is 5. The van der Waals surface area contributed by atoms with Gasteiger partial charge in [-0.25, -0.2) is 0 Å². The molecule has 0 aromatic carbocycles. The van der Waals surface area contributed by atoms with Crippen molar-refractivity contribution in [2.45, 2.75) is 59.5 Å². The molecule has 0 aromatic heterocycles. The summed E-state index contributed by atoms with van der Waals surface area (Å²) in [7, 11) is 0. The van der Waals surface area contributed by atoms with Gasteiger partial charge in [0.2, 0.25) is 0 Å². The van der Waals surface area contributed by atoms with Crippen molar-refractivity contribution in [3.05, 3.63) is 0 Å². The number of unbranched alkanes of at least 4 members (excludes halogenated alkanes) is 1. The molecule has 0 fully saturated rings. The van der Waals surface area contributed by atoms with Gasteiger partial charge in [-0.3, -0.25) is 4.79 Å².